The molecule has 1 aromatic carbocycles. The number of nitriles is 1. The first kappa shape index (κ1) is 19.9. The molecule has 4 N–H and O–H groups in total. The number of carbonyl (C=O) groups excluding carboxylic acids is 1. The summed E-state index contributed by atoms with van der Waals surface area (Å²) in [7, 11) is 0. The van der Waals surface area contributed by atoms with Gasteiger partial charge in [0.05, 0.1) is 24.8 Å². The summed E-state index contributed by atoms with van der Waals surface area (Å²) in [5.41, 5.74) is 6.03. The lowest BCUT2D eigenvalue weighted by Gasteiger charge is -2.29. The Morgan fingerprint density at radius 2 is 2.07 bits per heavy atom. The van der Waals surface area contributed by atoms with Crippen LogP contribution in [0.5, 0.6) is 0 Å². The number of aliphatic hydroxyl groups is 1. The van der Waals surface area contributed by atoms with E-state index in [1.807, 2.05) is 0 Å². The summed E-state index contributed by atoms with van der Waals surface area (Å²) >= 11 is 0. The summed E-state index contributed by atoms with van der Waals surface area (Å²) in [6, 6.07) is 5.80. The van der Waals surface area contributed by atoms with Crippen molar-refractivity contribution in [3.63, 3.8) is 0 Å². The Morgan fingerprint density at radius 3 is 2.71 bits per heavy atom. The van der Waals surface area contributed by atoms with Crippen LogP contribution in [0.25, 0.3) is 10.8 Å². The fourth-order valence-electron chi connectivity index (χ4n) is 3.54. The summed E-state index contributed by atoms with van der Waals surface area (Å²) in [6.45, 7) is 0.644. The number of nitrogens with zero attached hydrogens (tertiary/aromatic N) is 2. The number of likely N-dealkylation sites (tertiary alicyclic amines) is 1. The van der Waals surface area contributed by atoms with Gasteiger partial charge in [0.25, 0.3) is 11.5 Å². The second-order valence-corrected chi connectivity index (χ2v) is 7.12. The highest BCUT2D eigenvalue weighted by Crippen LogP contribution is 2.34. The fraction of sp³-hybridized carbons (Fsp3) is 0.421. The predicted octanol–water partition coefficient (Wildman–Crippen LogP) is 1.28. The quantitative estimate of drug-likeness (QED) is 0.726. The third-order valence-electron chi connectivity index (χ3n) is 5.21. The first-order valence-corrected chi connectivity index (χ1v) is 8.78. The number of halogens is 2. The Labute approximate surface area is 159 Å². The maximum Gasteiger partial charge on any atom is 0.268 e. The number of pyridine rings is 1. The van der Waals surface area contributed by atoms with Crippen molar-refractivity contribution >= 4 is 16.7 Å². The van der Waals surface area contributed by atoms with Gasteiger partial charge in [0.2, 0.25) is 5.91 Å². The number of alkyl halides is 2. The third-order valence-corrected chi connectivity index (χ3v) is 5.21. The molecule has 0 aliphatic carbocycles. The van der Waals surface area contributed by atoms with Crippen molar-refractivity contribution in [2.45, 2.75) is 37.5 Å². The molecule has 1 fully saturated rings. The van der Waals surface area contributed by atoms with E-state index in [0.29, 0.717) is 16.3 Å². The molecule has 4 atom stereocenters. The number of nitrogens with two attached hydrogens (primary N) is 1. The van der Waals surface area contributed by atoms with Gasteiger partial charge in [-0.1, -0.05) is 25.1 Å². The van der Waals surface area contributed by atoms with Gasteiger partial charge in [-0.05, 0) is 11.5 Å². The minimum Gasteiger partial charge on any atom is -0.388 e. The van der Waals surface area contributed by atoms with E-state index < -0.39 is 48.9 Å². The zero-order valence-corrected chi connectivity index (χ0v) is 15.1. The number of amides is 1. The van der Waals surface area contributed by atoms with Crippen LogP contribution >= 0.6 is 0 Å². The maximum atomic E-state index is 13.6. The zero-order valence-electron chi connectivity index (χ0n) is 15.1. The summed E-state index contributed by atoms with van der Waals surface area (Å²) in [5, 5.41) is 20.7. The molecule has 0 spiro atoms. The first-order valence-electron chi connectivity index (χ1n) is 8.78. The topological polar surface area (TPSA) is 123 Å². The lowest BCUT2D eigenvalue weighted by Crippen LogP contribution is -2.50. The zero-order chi connectivity index (χ0) is 20.6. The van der Waals surface area contributed by atoms with Gasteiger partial charge in [0.15, 0.2) is 0 Å². The number of hydrogen-bond donors (Lipinski definition) is 3. The second kappa shape index (κ2) is 7.30. The number of hydrogen-bond acceptors (Lipinski definition) is 5. The smallest absolute Gasteiger partial charge is 0.268 e. The molecule has 0 radical (unpaired) electrons. The van der Waals surface area contributed by atoms with Crippen LogP contribution in [0.4, 0.5) is 8.78 Å². The van der Waals surface area contributed by atoms with E-state index in [2.05, 4.69) is 4.98 Å². The highest BCUT2D eigenvalue weighted by Gasteiger charge is 2.48. The summed E-state index contributed by atoms with van der Waals surface area (Å²) in [4.78, 5) is 27.9. The van der Waals surface area contributed by atoms with Crippen LogP contribution in [-0.2, 0) is 4.79 Å². The third kappa shape index (κ3) is 3.48. The number of H-pyrrole nitrogens is 1. The number of carbonyl (C=O) groups is 1. The number of nitrogens with one attached hydrogen (secondary N) is 1. The van der Waals surface area contributed by atoms with Crippen LogP contribution in [0.2, 0.25) is 0 Å². The molecule has 148 valence electrons. The Kier molecular flexibility index (Phi) is 5.19. The summed E-state index contributed by atoms with van der Waals surface area (Å²) < 4.78 is 27.2. The van der Waals surface area contributed by atoms with Crippen molar-refractivity contribution in [3.05, 3.63) is 46.4 Å². The molecule has 28 heavy (non-hydrogen) atoms. The Morgan fingerprint density at radius 1 is 1.43 bits per heavy atom. The van der Waals surface area contributed by atoms with E-state index in [1.54, 1.807) is 30.3 Å². The van der Waals surface area contributed by atoms with Crippen molar-refractivity contribution in [3.8, 4) is 6.07 Å². The molecule has 3 rings (SSSR count). The van der Waals surface area contributed by atoms with Gasteiger partial charge in [0.1, 0.15) is 6.04 Å². The lowest BCUT2D eigenvalue weighted by molar-refractivity contribution is -0.136. The number of fused-ring (bicyclic) bond motifs is 1. The SMILES string of the molecule is CC(C(N)C(=O)N1CC(F)(F)CC1C#N)C(O)c1c[nH]c(=O)c2ccccc12. The Bertz CT molecular complexity index is 1000. The van der Waals surface area contributed by atoms with Crippen LogP contribution in [0.3, 0.4) is 0 Å². The van der Waals surface area contributed by atoms with Crippen LogP contribution in [-0.4, -0.2) is 45.4 Å². The lowest BCUT2D eigenvalue weighted by atomic mass is 9.89. The Hall–Kier alpha value is -2.83. The first-order chi connectivity index (χ1) is 13.2. The second-order valence-electron chi connectivity index (χ2n) is 7.12. The highest BCUT2D eigenvalue weighted by molar-refractivity contribution is 5.86. The predicted molar refractivity (Wildman–Crippen MR) is 97.3 cm³/mol. The molecule has 1 amide bonds. The molecule has 1 aromatic heterocycles. The van der Waals surface area contributed by atoms with Crippen LogP contribution < -0.4 is 11.3 Å². The number of aromatic amines is 1. The van der Waals surface area contributed by atoms with Gasteiger partial charge in [-0.2, -0.15) is 5.26 Å². The van der Waals surface area contributed by atoms with E-state index >= 15 is 0 Å². The molecule has 1 aliphatic rings. The minimum absolute atomic E-state index is 0.323. The largest absolute Gasteiger partial charge is 0.388 e. The molecule has 0 saturated carbocycles. The number of aliphatic hydroxyl groups excluding tert-OH is 1. The average Bonchev–Trinajstić information content (AvgIpc) is 3.01. The van der Waals surface area contributed by atoms with Gasteiger partial charge < -0.3 is 20.7 Å². The van der Waals surface area contributed by atoms with E-state index in [4.69, 9.17) is 11.0 Å². The van der Waals surface area contributed by atoms with Crippen LogP contribution in [0.15, 0.2) is 35.3 Å². The van der Waals surface area contributed by atoms with Crippen molar-refractivity contribution < 1.29 is 18.7 Å². The molecule has 9 heteroatoms. The van der Waals surface area contributed by atoms with Crippen molar-refractivity contribution in [2.75, 3.05) is 6.54 Å². The normalized spacial score (nSPS) is 21.9. The summed E-state index contributed by atoms with van der Waals surface area (Å²) in [6.07, 6.45) is -0.612. The minimum atomic E-state index is -3.15. The standard InChI is InChI=1S/C19H20F2N4O3/c1-10(15(23)18(28)25-9-19(20,21)6-11(25)7-22)16(26)14-8-24-17(27)13-5-3-2-4-12(13)14/h2-5,8,10-11,15-16,26H,6,9,23H2,1H3,(H,24,27). The molecule has 0 bridgehead atoms. The van der Waals surface area contributed by atoms with Crippen LogP contribution in [0.1, 0.15) is 25.0 Å². The molecule has 7 nitrogen and oxygen atoms in total. The van der Waals surface area contributed by atoms with Crippen molar-refractivity contribution in [1.82, 2.24) is 9.88 Å². The molecular weight excluding hydrogens is 370 g/mol. The monoisotopic (exact) mass is 390 g/mol. The fourth-order valence-corrected chi connectivity index (χ4v) is 3.54. The van der Waals surface area contributed by atoms with E-state index in [-0.39, 0.29) is 5.56 Å². The summed E-state index contributed by atoms with van der Waals surface area (Å²) in [5.74, 6) is -4.81. The average molecular weight is 390 g/mol. The molecule has 4 unspecified atom stereocenters. The van der Waals surface area contributed by atoms with Gasteiger partial charge in [-0.25, -0.2) is 8.78 Å². The molecule has 2 heterocycles. The molecule has 1 aliphatic heterocycles. The van der Waals surface area contributed by atoms with Gasteiger partial charge in [-0.3, -0.25) is 9.59 Å². The van der Waals surface area contributed by atoms with Gasteiger partial charge >= 0.3 is 0 Å². The number of benzene rings is 1. The maximum absolute atomic E-state index is 13.6. The van der Waals surface area contributed by atoms with E-state index in [0.717, 1.165) is 4.90 Å². The number of rotatable bonds is 4. The van der Waals surface area contributed by atoms with Gasteiger partial charge in [-0.15, -0.1) is 0 Å². The number of aromatic nitrogens is 1. The molecule has 1 saturated heterocycles. The van der Waals surface area contributed by atoms with Crippen LogP contribution in [0, 0.1) is 17.2 Å². The van der Waals surface area contributed by atoms with Crippen molar-refractivity contribution in [1.29, 1.82) is 5.26 Å². The van der Waals surface area contributed by atoms with Gasteiger partial charge in [0, 0.05) is 29.5 Å². The Balaban J connectivity index is 1.87. The van der Waals surface area contributed by atoms with Crippen molar-refractivity contribution in [2.24, 2.45) is 11.7 Å². The molecule has 2 aromatic rings. The van der Waals surface area contributed by atoms with E-state index in [1.165, 1.54) is 13.1 Å². The molecular formula is C19H20F2N4O3. The van der Waals surface area contributed by atoms with E-state index in [9.17, 15) is 23.5 Å². The highest BCUT2D eigenvalue weighted by atomic mass is 19.3.